The van der Waals surface area contributed by atoms with Crippen LogP contribution in [0.3, 0.4) is 0 Å². The average molecular weight is 804 g/mol. The standard InChI is InChI=1S/C40H44Cl2N8O6/c1-5-25(43-39(53)55-3)37(51)49-27-15-23(27)17-29(49)35-45-31(33(41)47-35)21-11-7-19(8-12-21)20-9-13-22(14-10-20)32-34(42)48-36(46-32)30-18-24-16-28(24)50(30)38(52)26(6-2)44-40(54)56-4/h7-14,23-30H,5-6,15-18H2,1-4H3,(H,43,53)(H,44,54)(H,45,47)(H,46,48)/t23-,24-,25+,26+,27-,28-,29+,30+/m1/s1. The Morgan fingerprint density at radius 1 is 0.661 bits per heavy atom. The molecule has 2 aliphatic heterocycles. The van der Waals surface area contributed by atoms with Crippen LogP contribution in [0.4, 0.5) is 9.59 Å². The molecule has 2 aromatic heterocycles. The molecule has 4 amide bonds. The number of methoxy groups -OCH3 is 2. The second-order valence-electron chi connectivity index (χ2n) is 15.0. The summed E-state index contributed by atoms with van der Waals surface area (Å²) in [6.45, 7) is 3.71. The fraction of sp³-hybridized carbons (Fsp3) is 0.450. The molecule has 0 radical (unpaired) electrons. The maximum absolute atomic E-state index is 13.6. The zero-order valence-corrected chi connectivity index (χ0v) is 33.0. The Kier molecular flexibility index (Phi) is 10.2. The molecular weight excluding hydrogens is 759 g/mol. The van der Waals surface area contributed by atoms with Gasteiger partial charge < -0.3 is 39.9 Å². The molecule has 56 heavy (non-hydrogen) atoms. The van der Waals surface area contributed by atoms with Gasteiger partial charge >= 0.3 is 12.2 Å². The lowest BCUT2D eigenvalue weighted by molar-refractivity contribution is -0.136. The summed E-state index contributed by atoms with van der Waals surface area (Å²) in [6.07, 6.45) is 3.05. The number of halogens is 2. The normalized spacial score (nSPS) is 24.2. The van der Waals surface area contributed by atoms with Gasteiger partial charge in [-0.3, -0.25) is 9.59 Å². The zero-order chi connectivity index (χ0) is 39.4. The first kappa shape index (κ1) is 37.8. The number of aromatic nitrogens is 4. The van der Waals surface area contributed by atoms with Crippen LogP contribution in [0.25, 0.3) is 33.6 Å². The Morgan fingerprint density at radius 3 is 1.36 bits per heavy atom. The summed E-state index contributed by atoms with van der Waals surface area (Å²) in [4.78, 5) is 71.0. The molecule has 16 heteroatoms. The first-order valence-electron chi connectivity index (χ1n) is 19.1. The molecule has 2 saturated heterocycles. The van der Waals surface area contributed by atoms with Crippen molar-refractivity contribution in [1.29, 1.82) is 0 Å². The molecule has 4 fully saturated rings. The van der Waals surface area contributed by atoms with Crippen molar-refractivity contribution in [3.8, 4) is 33.6 Å². The van der Waals surface area contributed by atoms with E-state index < -0.39 is 24.3 Å². The number of fused-ring (bicyclic) bond motifs is 2. The van der Waals surface area contributed by atoms with Crippen molar-refractivity contribution in [2.75, 3.05) is 14.2 Å². The number of alkyl carbamates (subject to hydrolysis) is 2. The zero-order valence-electron chi connectivity index (χ0n) is 31.5. The molecule has 4 heterocycles. The second-order valence-corrected chi connectivity index (χ2v) is 15.8. The fourth-order valence-electron chi connectivity index (χ4n) is 8.55. The Labute approximate surface area is 334 Å². The van der Waals surface area contributed by atoms with E-state index in [4.69, 9.17) is 42.6 Å². The SMILES string of the molecule is CC[C@H](NC(=O)OC)C(=O)N1[C@@H]2C[C@@H]2C[C@H]1c1nc(-c2ccc(-c3ccc(-c4nc([C@@H]5C[C@H]6C[C@H]6N5C(=O)[C@H](CC)NC(=O)OC)[nH]c4Cl)cc3)cc2)c(Cl)[nH]1. The molecule has 4 N–H and O–H groups in total. The van der Waals surface area contributed by atoms with Crippen LogP contribution in [0.5, 0.6) is 0 Å². The summed E-state index contributed by atoms with van der Waals surface area (Å²) >= 11 is 13.4. The monoisotopic (exact) mass is 802 g/mol. The minimum Gasteiger partial charge on any atom is -0.453 e. The van der Waals surface area contributed by atoms with Crippen molar-refractivity contribution in [3.05, 3.63) is 70.5 Å². The van der Waals surface area contributed by atoms with E-state index in [0.29, 0.717) is 58.0 Å². The molecule has 0 unspecified atom stereocenters. The van der Waals surface area contributed by atoms with Crippen molar-refractivity contribution >= 4 is 47.2 Å². The highest BCUT2D eigenvalue weighted by molar-refractivity contribution is 6.32. The first-order valence-corrected chi connectivity index (χ1v) is 19.8. The number of H-pyrrole nitrogens is 2. The number of amides is 4. The van der Waals surface area contributed by atoms with E-state index in [-0.39, 0.29) is 36.0 Å². The molecule has 0 spiro atoms. The van der Waals surface area contributed by atoms with Crippen LogP contribution < -0.4 is 10.6 Å². The Morgan fingerprint density at radius 2 is 1.02 bits per heavy atom. The van der Waals surface area contributed by atoms with E-state index >= 15 is 0 Å². The summed E-state index contributed by atoms with van der Waals surface area (Å²) in [5, 5.41) is 6.12. The quantitative estimate of drug-likeness (QED) is 0.125. The highest BCUT2D eigenvalue weighted by Gasteiger charge is 2.57. The number of aromatic amines is 2. The third-order valence-corrected chi connectivity index (χ3v) is 12.3. The van der Waals surface area contributed by atoms with Gasteiger partial charge in [0.15, 0.2) is 0 Å². The molecule has 294 valence electrons. The molecule has 14 nitrogen and oxygen atoms in total. The van der Waals surface area contributed by atoms with Gasteiger partial charge in [0, 0.05) is 23.2 Å². The first-order chi connectivity index (χ1) is 27.0. The van der Waals surface area contributed by atoms with E-state index in [0.717, 1.165) is 47.9 Å². The maximum Gasteiger partial charge on any atom is 0.407 e. The van der Waals surface area contributed by atoms with Crippen molar-refractivity contribution in [1.82, 2.24) is 40.4 Å². The lowest BCUT2D eigenvalue weighted by atomic mass is 10.0. The number of nitrogens with zero attached hydrogens (tertiary/aromatic N) is 4. The third kappa shape index (κ3) is 6.97. The number of benzene rings is 2. The van der Waals surface area contributed by atoms with Gasteiger partial charge in [-0.05, 0) is 61.5 Å². The number of hydrogen-bond donors (Lipinski definition) is 4. The van der Waals surface area contributed by atoms with Gasteiger partial charge in [-0.1, -0.05) is 85.6 Å². The van der Waals surface area contributed by atoms with E-state index in [1.54, 1.807) is 0 Å². The molecule has 0 bridgehead atoms. The predicted molar refractivity (Wildman–Crippen MR) is 208 cm³/mol. The van der Waals surface area contributed by atoms with Crippen LogP contribution >= 0.6 is 23.2 Å². The number of likely N-dealkylation sites (tertiary alicyclic amines) is 2. The highest BCUT2D eigenvalue weighted by atomic mass is 35.5. The molecule has 8 rings (SSSR count). The van der Waals surface area contributed by atoms with Gasteiger partial charge in [0.25, 0.3) is 0 Å². The van der Waals surface area contributed by atoms with Gasteiger partial charge in [0.2, 0.25) is 11.8 Å². The topological polar surface area (TPSA) is 175 Å². The largest absolute Gasteiger partial charge is 0.453 e. The maximum atomic E-state index is 13.6. The van der Waals surface area contributed by atoms with Gasteiger partial charge in [-0.25, -0.2) is 19.6 Å². The summed E-state index contributed by atoms with van der Waals surface area (Å²) in [5.41, 5.74) is 4.84. The lowest BCUT2D eigenvalue weighted by Gasteiger charge is -2.30. The van der Waals surface area contributed by atoms with E-state index in [9.17, 15) is 19.2 Å². The Bertz CT molecular complexity index is 2000. The van der Waals surface area contributed by atoms with E-state index in [1.165, 1.54) is 14.2 Å². The molecule has 8 atom stereocenters. The predicted octanol–water partition coefficient (Wildman–Crippen LogP) is 7.03. The Balaban J connectivity index is 0.957. The number of nitrogens with one attached hydrogen (secondary N) is 4. The van der Waals surface area contributed by atoms with Crippen molar-refractivity contribution in [2.45, 2.75) is 88.6 Å². The number of piperidine rings is 2. The molecule has 2 aromatic carbocycles. The number of hydrogen-bond acceptors (Lipinski definition) is 8. The van der Waals surface area contributed by atoms with Crippen LogP contribution in [0.15, 0.2) is 48.5 Å². The van der Waals surface area contributed by atoms with Crippen molar-refractivity contribution in [2.24, 2.45) is 11.8 Å². The number of carbonyl (C=O) groups excluding carboxylic acids is 4. The summed E-state index contributed by atoms with van der Waals surface area (Å²) in [7, 11) is 2.56. The minimum atomic E-state index is -0.687. The Hall–Kier alpha value is -5.08. The van der Waals surface area contributed by atoms with Crippen LogP contribution in [0.1, 0.15) is 76.1 Å². The summed E-state index contributed by atoms with van der Waals surface area (Å²) in [5.74, 6) is 1.77. The van der Waals surface area contributed by atoms with Crippen LogP contribution in [-0.2, 0) is 19.1 Å². The van der Waals surface area contributed by atoms with Gasteiger partial charge in [-0.15, -0.1) is 0 Å². The third-order valence-electron chi connectivity index (χ3n) is 11.7. The molecule has 2 saturated carbocycles. The van der Waals surface area contributed by atoms with Gasteiger partial charge in [0.05, 0.1) is 26.3 Å². The second kappa shape index (κ2) is 15.1. The lowest BCUT2D eigenvalue weighted by Crippen LogP contribution is -2.49. The van der Waals surface area contributed by atoms with E-state index in [2.05, 4.69) is 20.6 Å². The summed E-state index contributed by atoms with van der Waals surface area (Å²) < 4.78 is 9.48. The number of ether oxygens (including phenoxy) is 2. The van der Waals surface area contributed by atoms with Crippen LogP contribution in [0.2, 0.25) is 10.3 Å². The van der Waals surface area contributed by atoms with Crippen LogP contribution in [0, 0.1) is 11.8 Å². The highest BCUT2D eigenvalue weighted by Crippen LogP contribution is 2.55. The average Bonchev–Trinajstić information content (AvgIpc) is 3.93. The van der Waals surface area contributed by atoms with Gasteiger partial charge in [-0.2, -0.15) is 0 Å². The number of imidazole rings is 2. The van der Waals surface area contributed by atoms with Crippen LogP contribution in [-0.4, -0.2) is 92.1 Å². The smallest absolute Gasteiger partial charge is 0.407 e. The number of carbonyl (C=O) groups is 4. The van der Waals surface area contributed by atoms with Crippen molar-refractivity contribution in [3.63, 3.8) is 0 Å². The van der Waals surface area contributed by atoms with Gasteiger partial charge in [0.1, 0.15) is 45.4 Å². The minimum absolute atomic E-state index is 0.126. The summed E-state index contributed by atoms with van der Waals surface area (Å²) in [6, 6.07) is 14.3. The molecular formula is C40H44Cl2N8O6. The molecule has 4 aromatic rings. The molecule has 4 aliphatic rings. The fourth-order valence-corrected chi connectivity index (χ4v) is 9.05. The van der Waals surface area contributed by atoms with Crippen molar-refractivity contribution < 1.29 is 28.7 Å². The number of rotatable bonds is 11. The molecule has 2 aliphatic carbocycles. The van der Waals surface area contributed by atoms with E-state index in [1.807, 2.05) is 72.2 Å².